The second-order valence-corrected chi connectivity index (χ2v) is 3.92. The van der Waals surface area contributed by atoms with Gasteiger partial charge in [-0.2, -0.15) is 5.26 Å². The van der Waals surface area contributed by atoms with Gasteiger partial charge in [0.2, 0.25) is 5.91 Å². The second kappa shape index (κ2) is 4.53. The minimum Gasteiger partial charge on any atom is -0.305 e. The minimum atomic E-state index is 0.0842. The molecule has 12 heavy (non-hydrogen) atoms. The largest absolute Gasteiger partial charge is 0.305 e. The van der Waals surface area contributed by atoms with Crippen LogP contribution in [-0.4, -0.2) is 28.4 Å². The van der Waals surface area contributed by atoms with Gasteiger partial charge in [0.15, 0.2) is 0 Å². The third-order valence-electron chi connectivity index (χ3n) is 1.41. The van der Waals surface area contributed by atoms with E-state index in [0.29, 0.717) is 12.3 Å². The number of nitriles is 1. The Hall–Kier alpha value is -0.470. The Morgan fingerprint density at radius 2 is 2.58 bits per heavy atom. The molecular weight excluding hydrogens is 240 g/mol. The van der Waals surface area contributed by atoms with E-state index >= 15 is 0 Å². The second-order valence-electron chi connectivity index (χ2n) is 2.13. The van der Waals surface area contributed by atoms with E-state index in [9.17, 15) is 4.79 Å². The lowest BCUT2D eigenvalue weighted by molar-refractivity contribution is -0.125. The van der Waals surface area contributed by atoms with Crippen molar-refractivity contribution in [3.8, 4) is 6.07 Å². The Balaban J connectivity index is 2.72. The monoisotopic (exact) mass is 246 g/mol. The highest BCUT2D eigenvalue weighted by molar-refractivity contribution is 9.09. The molecule has 0 unspecified atom stereocenters. The number of carbonyl (C=O) groups is 1. The molecule has 0 aromatic rings. The van der Waals surface area contributed by atoms with E-state index in [1.165, 1.54) is 17.8 Å². The molecule has 0 spiro atoms. The summed E-state index contributed by atoms with van der Waals surface area (Å²) in [6, 6.07) is 1.93. The molecule has 64 valence electrons. The van der Waals surface area contributed by atoms with Crippen LogP contribution in [0.15, 0.2) is 11.1 Å². The summed E-state index contributed by atoms with van der Waals surface area (Å²) in [5.74, 6) is 0.543. The highest BCUT2D eigenvalue weighted by Crippen LogP contribution is 2.28. The van der Waals surface area contributed by atoms with E-state index in [0.717, 1.165) is 10.4 Å². The summed E-state index contributed by atoms with van der Waals surface area (Å²) >= 11 is 4.67. The normalized spacial score (nSPS) is 20.2. The average Bonchev–Trinajstić information content (AvgIpc) is 2.37. The summed E-state index contributed by atoms with van der Waals surface area (Å²) in [5, 5.41) is 9.91. The Kier molecular flexibility index (Phi) is 3.63. The maximum Gasteiger partial charge on any atom is 0.237 e. The number of carbonyl (C=O) groups excluding carboxylic acids is 1. The number of halogens is 1. The highest BCUT2D eigenvalue weighted by atomic mass is 79.9. The number of hydrogen-bond donors (Lipinski definition) is 0. The zero-order chi connectivity index (χ0) is 8.97. The fourth-order valence-corrected chi connectivity index (χ4v) is 2.18. The van der Waals surface area contributed by atoms with Gasteiger partial charge in [-0.1, -0.05) is 27.7 Å². The molecule has 0 radical (unpaired) electrons. The van der Waals surface area contributed by atoms with Crippen molar-refractivity contribution >= 4 is 33.6 Å². The molecule has 1 aliphatic heterocycles. The zero-order valence-corrected chi connectivity index (χ0v) is 8.69. The van der Waals surface area contributed by atoms with Gasteiger partial charge >= 0.3 is 0 Å². The lowest BCUT2D eigenvalue weighted by Crippen LogP contribution is -2.26. The number of allylic oxidation sites excluding steroid dienone is 1. The Bertz CT molecular complexity index is 259. The fraction of sp³-hybridized carbons (Fsp3) is 0.429. The summed E-state index contributed by atoms with van der Waals surface area (Å²) in [7, 11) is 0. The van der Waals surface area contributed by atoms with Gasteiger partial charge in [-0.05, 0) is 0 Å². The first-order chi connectivity index (χ1) is 5.79. The molecule has 0 aromatic heterocycles. The van der Waals surface area contributed by atoms with Crippen molar-refractivity contribution in [1.29, 1.82) is 5.26 Å². The molecule has 1 aliphatic rings. The molecule has 3 nitrogen and oxygen atoms in total. The van der Waals surface area contributed by atoms with E-state index in [4.69, 9.17) is 5.26 Å². The maximum absolute atomic E-state index is 11.2. The van der Waals surface area contributed by atoms with Crippen LogP contribution >= 0.6 is 27.7 Å². The Morgan fingerprint density at radius 3 is 3.17 bits per heavy atom. The molecule has 1 fully saturated rings. The fourth-order valence-electron chi connectivity index (χ4n) is 0.909. The van der Waals surface area contributed by atoms with Crippen LogP contribution < -0.4 is 0 Å². The van der Waals surface area contributed by atoms with Crippen LogP contribution in [0.3, 0.4) is 0 Å². The number of hydrogen-bond acceptors (Lipinski definition) is 3. The van der Waals surface area contributed by atoms with Gasteiger partial charge in [0.05, 0.1) is 16.9 Å². The molecule has 0 aromatic carbocycles. The van der Waals surface area contributed by atoms with Crippen molar-refractivity contribution in [3.63, 3.8) is 0 Å². The Morgan fingerprint density at radius 1 is 1.83 bits per heavy atom. The highest BCUT2D eigenvalue weighted by Gasteiger charge is 2.25. The lowest BCUT2D eigenvalue weighted by atomic mass is 10.5. The van der Waals surface area contributed by atoms with Crippen LogP contribution in [0.5, 0.6) is 0 Å². The van der Waals surface area contributed by atoms with Gasteiger partial charge in [-0.25, -0.2) is 0 Å². The maximum atomic E-state index is 11.2. The van der Waals surface area contributed by atoms with Crippen LogP contribution in [0.2, 0.25) is 0 Å². The molecule has 1 saturated heterocycles. The van der Waals surface area contributed by atoms with Gasteiger partial charge in [0, 0.05) is 18.0 Å². The summed E-state index contributed by atoms with van der Waals surface area (Å²) in [6.45, 7) is 0.638. The third kappa shape index (κ3) is 2.02. The van der Waals surface area contributed by atoms with Crippen molar-refractivity contribution < 1.29 is 4.79 Å². The predicted octanol–water partition coefficient (Wildman–Crippen LogP) is 1.32. The van der Waals surface area contributed by atoms with Gasteiger partial charge in [-0.3, -0.25) is 4.79 Å². The first-order valence-corrected chi connectivity index (χ1v) is 5.49. The van der Waals surface area contributed by atoms with Crippen LogP contribution in [0, 0.1) is 11.3 Å². The first-order valence-electron chi connectivity index (χ1n) is 3.38. The SMILES string of the molecule is N#C/C=C1\SCC(=O)N1CCBr. The summed E-state index contributed by atoms with van der Waals surface area (Å²) in [6.07, 6.45) is 1.41. The first kappa shape index (κ1) is 9.62. The van der Waals surface area contributed by atoms with Gasteiger partial charge < -0.3 is 4.90 Å². The van der Waals surface area contributed by atoms with Gasteiger partial charge in [0.25, 0.3) is 0 Å². The number of rotatable bonds is 2. The van der Waals surface area contributed by atoms with E-state index in [-0.39, 0.29) is 5.91 Å². The van der Waals surface area contributed by atoms with E-state index in [1.807, 2.05) is 6.07 Å². The van der Waals surface area contributed by atoms with Crippen molar-refractivity contribution in [2.75, 3.05) is 17.6 Å². The van der Waals surface area contributed by atoms with Crippen molar-refractivity contribution in [3.05, 3.63) is 11.1 Å². The molecule has 0 bridgehead atoms. The van der Waals surface area contributed by atoms with Crippen LogP contribution in [0.1, 0.15) is 0 Å². The van der Waals surface area contributed by atoms with E-state index in [1.54, 1.807) is 4.90 Å². The lowest BCUT2D eigenvalue weighted by Gasteiger charge is -2.13. The molecule has 5 heteroatoms. The topological polar surface area (TPSA) is 44.1 Å². The van der Waals surface area contributed by atoms with Crippen molar-refractivity contribution in [2.24, 2.45) is 0 Å². The minimum absolute atomic E-state index is 0.0842. The molecule has 0 aliphatic carbocycles. The van der Waals surface area contributed by atoms with Crippen LogP contribution in [0.25, 0.3) is 0 Å². The van der Waals surface area contributed by atoms with E-state index in [2.05, 4.69) is 15.9 Å². The molecule has 0 N–H and O–H groups in total. The quantitative estimate of drug-likeness (QED) is 0.546. The zero-order valence-electron chi connectivity index (χ0n) is 6.29. The molecular formula is C7H7BrN2OS. The van der Waals surface area contributed by atoms with Crippen LogP contribution in [0.4, 0.5) is 0 Å². The number of thioether (sulfide) groups is 1. The molecule has 1 rings (SSSR count). The number of amides is 1. The number of nitrogens with zero attached hydrogens (tertiary/aromatic N) is 2. The predicted molar refractivity (Wildman–Crippen MR) is 51.7 cm³/mol. The molecule has 1 heterocycles. The third-order valence-corrected chi connectivity index (χ3v) is 2.79. The van der Waals surface area contributed by atoms with Crippen molar-refractivity contribution in [2.45, 2.75) is 0 Å². The van der Waals surface area contributed by atoms with E-state index < -0.39 is 0 Å². The summed E-state index contributed by atoms with van der Waals surface area (Å²) in [5.41, 5.74) is 0. The molecule has 0 atom stereocenters. The number of alkyl halides is 1. The standard InChI is InChI=1S/C7H7BrN2OS/c8-2-4-10-6(11)5-12-7(10)1-3-9/h1H,2,4-5H2/b7-1-. The average molecular weight is 247 g/mol. The molecule has 0 saturated carbocycles. The summed E-state index contributed by atoms with van der Waals surface area (Å²) < 4.78 is 0. The Labute approximate surface area is 83.5 Å². The summed E-state index contributed by atoms with van der Waals surface area (Å²) in [4.78, 5) is 12.8. The van der Waals surface area contributed by atoms with Crippen molar-refractivity contribution in [1.82, 2.24) is 4.90 Å². The smallest absolute Gasteiger partial charge is 0.237 e. The van der Waals surface area contributed by atoms with Crippen LogP contribution in [-0.2, 0) is 4.79 Å². The van der Waals surface area contributed by atoms with Gasteiger partial charge in [-0.15, -0.1) is 0 Å². The molecule has 1 amide bonds. The van der Waals surface area contributed by atoms with Gasteiger partial charge in [0.1, 0.15) is 0 Å².